The normalized spacial score (nSPS) is 12.2. The van der Waals surface area contributed by atoms with Crippen molar-refractivity contribution in [1.29, 1.82) is 0 Å². The molecule has 19 heavy (non-hydrogen) atoms. The Labute approximate surface area is 114 Å². The molecule has 0 aliphatic carbocycles. The highest BCUT2D eigenvalue weighted by Gasteiger charge is 2.10. The number of hydrogen-bond acceptors (Lipinski definition) is 3. The van der Waals surface area contributed by atoms with Gasteiger partial charge in [0.1, 0.15) is 0 Å². The van der Waals surface area contributed by atoms with Gasteiger partial charge in [0, 0.05) is 5.54 Å². The summed E-state index contributed by atoms with van der Waals surface area (Å²) in [6.45, 7) is 6.60. The first-order valence-corrected chi connectivity index (χ1v) is 6.14. The fourth-order valence-corrected chi connectivity index (χ4v) is 1.58. The maximum absolute atomic E-state index is 5.82. The van der Waals surface area contributed by atoms with Gasteiger partial charge in [-0.25, -0.2) is 4.99 Å². The Morgan fingerprint density at radius 1 is 1.21 bits per heavy atom. The predicted octanol–water partition coefficient (Wildman–Crippen LogP) is 1.91. The Bertz CT molecular complexity index is 450. The van der Waals surface area contributed by atoms with Crippen molar-refractivity contribution in [2.45, 2.75) is 32.9 Å². The Morgan fingerprint density at radius 3 is 2.37 bits per heavy atom. The van der Waals surface area contributed by atoms with Gasteiger partial charge in [-0.2, -0.15) is 0 Å². The van der Waals surface area contributed by atoms with Gasteiger partial charge in [0.25, 0.3) is 0 Å². The van der Waals surface area contributed by atoms with Crippen LogP contribution in [0.4, 0.5) is 0 Å². The van der Waals surface area contributed by atoms with Crippen molar-refractivity contribution >= 4 is 5.96 Å². The second kappa shape index (κ2) is 6.31. The molecule has 0 fully saturated rings. The minimum Gasteiger partial charge on any atom is -0.493 e. The second-order valence-electron chi connectivity index (χ2n) is 5.27. The number of aliphatic imine (C=N–C) groups is 1. The zero-order valence-corrected chi connectivity index (χ0v) is 12.3. The molecular formula is C14H23N3O2. The predicted molar refractivity (Wildman–Crippen MR) is 77.8 cm³/mol. The van der Waals surface area contributed by atoms with Crippen molar-refractivity contribution in [1.82, 2.24) is 5.32 Å². The minimum atomic E-state index is -0.0921. The fraction of sp³-hybridized carbons (Fsp3) is 0.500. The molecule has 5 heteroatoms. The van der Waals surface area contributed by atoms with E-state index in [1.807, 2.05) is 39.0 Å². The van der Waals surface area contributed by atoms with Gasteiger partial charge < -0.3 is 20.5 Å². The van der Waals surface area contributed by atoms with Gasteiger partial charge in [0.15, 0.2) is 17.5 Å². The van der Waals surface area contributed by atoms with Gasteiger partial charge in [0.2, 0.25) is 0 Å². The molecule has 0 amide bonds. The summed E-state index contributed by atoms with van der Waals surface area (Å²) in [6.07, 6.45) is 0. The Balaban J connectivity index is 2.75. The number of methoxy groups -OCH3 is 2. The van der Waals surface area contributed by atoms with Crippen LogP contribution in [0.5, 0.6) is 11.5 Å². The van der Waals surface area contributed by atoms with E-state index in [1.165, 1.54) is 0 Å². The molecule has 1 aromatic carbocycles. The first kappa shape index (κ1) is 15.1. The smallest absolute Gasteiger partial charge is 0.189 e. The van der Waals surface area contributed by atoms with E-state index < -0.39 is 0 Å². The van der Waals surface area contributed by atoms with Crippen LogP contribution in [0.15, 0.2) is 23.2 Å². The van der Waals surface area contributed by atoms with Gasteiger partial charge in [-0.3, -0.25) is 0 Å². The third-order valence-corrected chi connectivity index (χ3v) is 2.38. The largest absolute Gasteiger partial charge is 0.493 e. The van der Waals surface area contributed by atoms with E-state index >= 15 is 0 Å². The maximum atomic E-state index is 5.82. The van der Waals surface area contributed by atoms with Gasteiger partial charge in [-0.1, -0.05) is 6.07 Å². The number of benzene rings is 1. The highest BCUT2D eigenvalue weighted by Crippen LogP contribution is 2.27. The highest BCUT2D eigenvalue weighted by molar-refractivity contribution is 5.78. The molecular weight excluding hydrogens is 242 g/mol. The zero-order valence-electron chi connectivity index (χ0n) is 12.3. The molecule has 0 spiro atoms. The van der Waals surface area contributed by atoms with E-state index in [0.717, 1.165) is 5.56 Å². The van der Waals surface area contributed by atoms with Crippen LogP contribution in [0.25, 0.3) is 0 Å². The van der Waals surface area contributed by atoms with Crippen LogP contribution in [0, 0.1) is 0 Å². The van der Waals surface area contributed by atoms with E-state index in [4.69, 9.17) is 15.2 Å². The summed E-state index contributed by atoms with van der Waals surface area (Å²) in [5.74, 6) is 1.83. The van der Waals surface area contributed by atoms with Crippen LogP contribution in [0.1, 0.15) is 26.3 Å². The van der Waals surface area contributed by atoms with Crippen molar-refractivity contribution in [2.24, 2.45) is 10.7 Å². The number of nitrogens with one attached hydrogen (secondary N) is 1. The van der Waals surface area contributed by atoms with Crippen molar-refractivity contribution in [3.8, 4) is 11.5 Å². The second-order valence-corrected chi connectivity index (χ2v) is 5.27. The molecule has 0 heterocycles. The molecule has 0 bridgehead atoms. The molecule has 0 saturated carbocycles. The maximum Gasteiger partial charge on any atom is 0.189 e. The number of ether oxygens (including phenoxy) is 2. The number of hydrogen-bond donors (Lipinski definition) is 2. The van der Waals surface area contributed by atoms with Crippen molar-refractivity contribution in [2.75, 3.05) is 14.2 Å². The lowest BCUT2D eigenvalue weighted by Gasteiger charge is -2.21. The third-order valence-electron chi connectivity index (χ3n) is 2.38. The van der Waals surface area contributed by atoms with Gasteiger partial charge in [0.05, 0.1) is 20.8 Å². The molecule has 0 aliphatic rings. The summed E-state index contributed by atoms with van der Waals surface area (Å²) in [7, 11) is 3.22. The van der Waals surface area contributed by atoms with E-state index in [1.54, 1.807) is 14.2 Å². The standard InChI is InChI=1S/C14H23N3O2/c1-14(2,3)17-13(15)16-9-10-6-7-11(18-4)12(8-10)19-5/h6-8H,9H2,1-5H3,(H3,15,16,17). The van der Waals surface area contributed by atoms with E-state index in [-0.39, 0.29) is 5.54 Å². The molecule has 0 aliphatic heterocycles. The Hall–Kier alpha value is -1.91. The zero-order chi connectivity index (χ0) is 14.5. The monoisotopic (exact) mass is 265 g/mol. The van der Waals surface area contributed by atoms with Crippen LogP contribution in [0.3, 0.4) is 0 Å². The topological polar surface area (TPSA) is 68.9 Å². The lowest BCUT2D eigenvalue weighted by atomic mass is 10.1. The SMILES string of the molecule is COc1ccc(CN=C(N)NC(C)(C)C)cc1OC. The first-order chi connectivity index (χ1) is 8.85. The van der Waals surface area contributed by atoms with E-state index in [2.05, 4.69) is 10.3 Å². The molecule has 3 N–H and O–H groups in total. The number of nitrogens with two attached hydrogens (primary N) is 1. The third kappa shape index (κ3) is 5.07. The molecule has 5 nitrogen and oxygen atoms in total. The minimum absolute atomic E-state index is 0.0921. The molecule has 1 aromatic rings. The Morgan fingerprint density at radius 2 is 1.84 bits per heavy atom. The lowest BCUT2D eigenvalue weighted by molar-refractivity contribution is 0.354. The summed E-state index contributed by atoms with van der Waals surface area (Å²) in [4.78, 5) is 4.30. The fourth-order valence-electron chi connectivity index (χ4n) is 1.58. The summed E-state index contributed by atoms with van der Waals surface area (Å²) in [5.41, 5.74) is 6.74. The molecule has 0 saturated heterocycles. The number of guanidine groups is 1. The van der Waals surface area contributed by atoms with Crippen LogP contribution < -0.4 is 20.5 Å². The molecule has 0 aromatic heterocycles. The highest BCUT2D eigenvalue weighted by atomic mass is 16.5. The van der Waals surface area contributed by atoms with Crippen molar-refractivity contribution < 1.29 is 9.47 Å². The summed E-state index contributed by atoms with van der Waals surface area (Å²) in [6, 6.07) is 5.69. The summed E-state index contributed by atoms with van der Waals surface area (Å²) >= 11 is 0. The molecule has 0 radical (unpaired) electrons. The first-order valence-electron chi connectivity index (χ1n) is 6.14. The summed E-state index contributed by atoms with van der Waals surface area (Å²) < 4.78 is 10.4. The molecule has 106 valence electrons. The number of nitrogens with zero attached hydrogens (tertiary/aromatic N) is 1. The van der Waals surface area contributed by atoms with Gasteiger partial charge in [-0.05, 0) is 38.5 Å². The molecule has 0 atom stereocenters. The van der Waals surface area contributed by atoms with Crippen LogP contribution in [-0.2, 0) is 6.54 Å². The van der Waals surface area contributed by atoms with Crippen LogP contribution in [-0.4, -0.2) is 25.7 Å². The van der Waals surface area contributed by atoms with Crippen LogP contribution >= 0.6 is 0 Å². The van der Waals surface area contributed by atoms with Crippen molar-refractivity contribution in [3.05, 3.63) is 23.8 Å². The lowest BCUT2D eigenvalue weighted by Crippen LogP contribution is -2.44. The molecule has 0 unspecified atom stereocenters. The quantitative estimate of drug-likeness (QED) is 0.644. The molecule has 1 rings (SSSR count). The van der Waals surface area contributed by atoms with Crippen LogP contribution in [0.2, 0.25) is 0 Å². The average Bonchev–Trinajstić information content (AvgIpc) is 2.33. The number of rotatable bonds is 4. The summed E-state index contributed by atoms with van der Waals surface area (Å²) in [5, 5.41) is 3.11. The average molecular weight is 265 g/mol. The van der Waals surface area contributed by atoms with Crippen molar-refractivity contribution in [3.63, 3.8) is 0 Å². The van der Waals surface area contributed by atoms with E-state index in [0.29, 0.717) is 24.0 Å². The van der Waals surface area contributed by atoms with Gasteiger partial charge in [-0.15, -0.1) is 0 Å². The van der Waals surface area contributed by atoms with E-state index in [9.17, 15) is 0 Å². The Kier molecular flexibility index (Phi) is 5.03. The van der Waals surface area contributed by atoms with Gasteiger partial charge >= 0.3 is 0 Å².